The molecule has 6 nitrogen and oxygen atoms in total. The van der Waals surface area contributed by atoms with E-state index in [2.05, 4.69) is 25.4 Å². The highest BCUT2D eigenvalue weighted by Gasteiger charge is 2.26. The van der Waals surface area contributed by atoms with E-state index in [1.54, 1.807) is 12.4 Å². The first-order valence-electron chi connectivity index (χ1n) is 9.24. The minimum atomic E-state index is -0.00208. The van der Waals surface area contributed by atoms with Crippen LogP contribution < -0.4 is 10.2 Å². The van der Waals surface area contributed by atoms with Crippen molar-refractivity contribution in [3.05, 3.63) is 65.9 Å². The van der Waals surface area contributed by atoms with Crippen LogP contribution in [0.3, 0.4) is 0 Å². The zero-order valence-electron chi connectivity index (χ0n) is 15.3. The van der Waals surface area contributed by atoms with Gasteiger partial charge in [0, 0.05) is 35.8 Å². The lowest BCUT2D eigenvalue weighted by molar-refractivity contribution is -0.120. The quantitative estimate of drug-likeness (QED) is 0.724. The van der Waals surface area contributed by atoms with E-state index in [0.717, 1.165) is 48.7 Å². The molecule has 3 aromatic rings. The number of hydrogen-bond donors (Lipinski definition) is 1. The molecule has 3 heterocycles. The fraction of sp³-hybridized carbons (Fsp3) is 0.238. The number of rotatable bonds is 4. The van der Waals surface area contributed by atoms with E-state index in [0.29, 0.717) is 5.02 Å². The molecule has 0 atom stereocenters. The molecule has 1 N–H and O–H groups in total. The summed E-state index contributed by atoms with van der Waals surface area (Å²) >= 11 is 5.93. The first kappa shape index (κ1) is 18.4. The molecule has 1 fully saturated rings. The summed E-state index contributed by atoms with van der Waals surface area (Å²) in [5.41, 5.74) is 2.53. The highest BCUT2D eigenvalue weighted by Crippen LogP contribution is 2.25. The molecule has 0 spiro atoms. The SMILES string of the molecule is O=C(Nc1cccnc1)C1CCN(c2ccc(-c3ccc(Cl)cc3)nn2)CC1. The summed E-state index contributed by atoms with van der Waals surface area (Å²) in [6.07, 6.45) is 4.91. The minimum Gasteiger partial charge on any atom is -0.355 e. The van der Waals surface area contributed by atoms with Crippen molar-refractivity contribution in [2.75, 3.05) is 23.3 Å². The van der Waals surface area contributed by atoms with Crippen molar-refractivity contribution in [3.8, 4) is 11.3 Å². The summed E-state index contributed by atoms with van der Waals surface area (Å²) in [6, 6.07) is 15.1. The second kappa shape index (κ2) is 8.35. The number of benzene rings is 1. The van der Waals surface area contributed by atoms with Crippen LogP contribution in [0.1, 0.15) is 12.8 Å². The molecule has 1 aliphatic rings. The Hall–Kier alpha value is -2.99. The molecular formula is C21H20ClN5O. The van der Waals surface area contributed by atoms with Gasteiger partial charge in [0.15, 0.2) is 5.82 Å². The zero-order valence-corrected chi connectivity index (χ0v) is 16.0. The molecule has 0 saturated carbocycles. The smallest absolute Gasteiger partial charge is 0.227 e. The number of aromatic nitrogens is 3. The van der Waals surface area contributed by atoms with Gasteiger partial charge in [0.2, 0.25) is 5.91 Å². The number of carbonyl (C=O) groups excluding carboxylic acids is 1. The number of nitrogens with one attached hydrogen (secondary N) is 1. The molecule has 0 aliphatic carbocycles. The van der Waals surface area contributed by atoms with Gasteiger partial charge >= 0.3 is 0 Å². The number of halogens is 1. The van der Waals surface area contributed by atoms with Crippen LogP contribution >= 0.6 is 11.6 Å². The molecule has 1 saturated heterocycles. The number of anilines is 2. The number of hydrogen-bond acceptors (Lipinski definition) is 5. The van der Waals surface area contributed by atoms with Gasteiger partial charge in [0.05, 0.1) is 17.6 Å². The Morgan fingerprint density at radius 3 is 2.46 bits per heavy atom. The second-order valence-corrected chi connectivity index (χ2v) is 7.21. The van der Waals surface area contributed by atoms with Crippen molar-refractivity contribution in [3.63, 3.8) is 0 Å². The largest absolute Gasteiger partial charge is 0.355 e. The average molecular weight is 394 g/mol. The molecule has 0 radical (unpaired) electrons. The van der Waals surface area contributed by atoms with E-state index in [1.807, 2.05) is 48.5 Å². The summed E-state index contributed by atoms with van der Waals surface area (Å²) in [5, 5.41) is 12.4. The molecule has 7 heteroatoms. The van der Waals surface area contributed by atoms with Crippen LogP contribution in [0.4, 0.5) is 11.5 Å². The Labute approximate surface area is 168 Å². The lowest BCUT2D eigenvalue weighted by Crippen LogP contribution is -2.38. The summed E-state index contributed by atoms with van der Waals surface area (Å²) in [7, 11) is 0. The van der Waals surface area contributed by atoms with Crippen molar-refractivity contribution in [2.45, 2.75) is 12.8 Å². The standard InChI is InChI=1S/C21H20ClN5O/c22-17-5-3-15(4-6-17)19-7-8-20(26-25-19)27-12-9-16(10-13-27)21(28)24-18-2-1-11-23-14-18/h1-8,11,14,16H,9-10,12-13H2,(H,24,28). The number of pyridine rings is 1. The van der Waals surface area contributed by atoms with E-state index in [9.17, 15) is 4.79 Å². The van der Waals surface area contributed by atoms with Crippen molar-refractivity contribution < 1.29 is 4.79 Å². The number of piperidine rings is 1. The Bertz CT molecular complexity index is 923. The molecule has 2 aromatic heterocycles. The number of carbonyl (C=O) groups is 1. The predicted molar refractivity (Wildman–Crippen MR) is 110 cm³/mol. The van der Waals surface area contributed by atoms with Crippen molar-refractivity contribution in [1.29, 1.82) is 0 Å². The summed E-state index contributed by atoms with van der Waals surface area (Å²) in [5.74, 6) is 0.887. The highest BCUT2D eigenvalue weighted by molar-refractivity contribution is 6.30. The molecule has 142 valence electrons. The fourth-order valence-corrected chi connectivity index (χ4v) is 3.45. The maximum atomic E-state index is 12.4. The summed E-state index contributed by atoms with van der Waals surface area (Å²) in [6.45, 7) is 1.56. The Morgan fingerprint density at radius 2 is 1.82 bits per heavy atom. The van der Waals surface area contributed by atoms with Crippen LogP contribution in [0.15, 0.2) is 60.9 Å². The van der Waals surface area contributed by atoms with Crippen LogP contribution in [0.5, 0.6) is 0 Å². The van der Waals surface area contributed by atoms with E-state index in [4.69, 9.17) is 11.6 Å². The summed E-state index contributed by atoms with van der Waals surface area (Å²) < 4.78 is 0. The molecule has 1 amide bonds. The Balaban J connectivity index is 1.34. The van der Waals surface area contributed by atoms with Crippen LogP contribution in [0, 0.1) is 5.92 Å². The van der Waals surface area contributed by atoms with Crippen molar-refractivity contribution in [2.24, 2.45) is 5.92 Å². The van der Waals surface area contributed by atoms with Crippen LogP contribution in [0.25, 0.3) is 11.3 Å². The topological polar surface area (TPSA) is 71.0 Å². The molecule has 28 heavy (non-hydrogen) atoms. The van der Waals surface area contributed by atoms with E-state index < -0.39 is 0 Å². The third-order valence-corrected chi connectivity index (χ3v) is 5.16. The molecular weight excluding hydrogens is 374 g/mol. The van der Waals surface area contributed by atoms with Crippen LogP contribution in [-0.4, -0.2) is 34.2 Å². The van der Waals surface area contributed by atoms with Gasteiger partial charge in [-0.15, -0.1) is 10.2 Å². The first-order valence-corrected chi connectivity index (χ1v) is 9.62. The molecule has 4 rings (SSSR count). The van der Waals surface area contributed by atoms with Crippen molar-refractivity contribution >= 4 is 29.0 Å². The fourth-order valence-electron chi connectivity index (χ4n) is 3.32. The maximum Gasteiger partial charge on any atom is 0.227 e. The summed E-state index contributed by atoms with van der Waals surface area (Å²) in [4.78, 5) is 18.6. The van der Waals surface area contributed by atoms with Gasteiger partial charge < -0.3 is 10.2 Å². The minimum absolute atomic E-state index is 0.00208. The third kappa shape index (κ3) is 4.28. The van der Waals surface area contributed by atoms with Crippen LogP contribution in [-0.2, 0) is 4.79 Å². The van der Waals surface area contributed by atoms with Gasteiger partial charge in [-0.05, 0) is 49.2 Å². The van der Waals surface area contributed by atoms with E-state index >= 15 is 0 Å². The normalized spacial score (nSPS) is 14.7. The predicted octanol–water partition coefficient (Wildman–Crippen LogP) is 4.05. The lowest BCUT2D eigenvalue weighted by atomic mass is 9.96. The number of nitrogens with zero attached hydrogens (tertiary/aromatic N) is 4. The van der Waals surface area contributed by atoms with Gasteiger partial charge in [-0.1, -0.05) is 23.7 Å². The van der Waals surface area contributed by atoms with Gasteiger partial charge in [-0.3, -0.25) is 9.78 Å². The lowest BCUT2D eigenvalue weighted by Gasteiger charge is -2.31. The molecule has 1 aliphatic heterocycles. The Morgan fingerprint density at radius 1 is 1.04 bits per heavy atom. The van der Waals surface area contributed by atoms with E-state index in [1.165, 1.54) is 0 Å². The monoisotopic (exact) mass is 393 g/mol. The van der Waals surface area contributed by atoms with Gasteiger partial charge in [0.1, 0.15) is 0 Å². The molecule has 1 aromatic carbocycles. The first-order chi connectivity index (χ1) is 13.7. The molecule has 0 unspecified atom stereocenters. The second-order valence-electron chi connectivity index (χ2n) is 6.78. The van der Waals surface area contributed by atoms with E-state index in [-0.39, 0.29) is 11.8 Å². The van der Waals surface area contributed by atoms with Crippen LogP contribution in [0.2, 0.25) is 5.02 Å². The average Bonchev–Trinajstić information content (AvgIpc) is 2.75. The number of amides is 1. The van der Waals surface area contributed by atoms with Gasteiger partial charge in [0.25, 0.3) is 0 Å². The van der Waals surface area contributed by atoms with Gasteiger partial charge in [-0.2, -0.15) is 0 Å². The van der Waals surface area contributed by atoms with Gasteiger partial charge in [-0.25, -0.2) is 0 Å². The third-order valence-electron chi connectivity index (χ3n) is 4.91. The highest BCUT2D eigenvalue weighted by atomic mass is 35.5. The Kier molecular flexibility index (Phi) is 5.48. The maximum absolute atomic E-state index is 12.4. The molecule has 0 bridgehead atoms. The van der Waals surface area contributed by atoms with Crippen molar-refractivity contribution in [1.82, 2.24) is 15.2 Å². The zero-order chi connectivity index (χ0) is 19.3.